The third-order valence-electron chi connectivity index (χ3n) is 5.77. The zero-order chi connectivity index (χ0) is 19.0. The van der Waals surface area contributed by atoms with Gasteiger partial charge in [-0.25, -0.2) is 4.98 Å². The summed E-state index contributed by atoms with van der Waals surface area (Å²) in [7, 11) is 1.65. The number of hydrogen-bond donors (Lipinski definition) is 0. The molecule has 0 radical (unpaired) electrons. The van der Waals surface area contributed by atoms with Gasteiger partial charge in [0, 0.05) is 45.8 Å². The summed E-state index contributed by atoms with van der Waals surface area (Å²) in [6.07, 6.45) is 2.55. The molecule has 1 aromatic carbocycles. The number of amides is 2. The number of ether oxygens (including phenoxy) is 1. The summed E-state index contributed by atoms with van der Waals surface area (Å²) in [6.45, 7) is 4.82. The number of fused-ring (bicyclic) bond motifs is 1. The number of likely N-dealkylation sites (tertiary alicyclic amines) is 2. The molecule has 27 heavy (non-hydrogen) atoms. The molecular weight excluding hydrogens is 346 g/mol. The number of aromatic nitrogens is 1. The maximum atomic E-state index is 13.0. The van der Waals surface area contributed by atoms with Gasteiger partial charge in [0.05, 0.1) is 12.0 Å². The minimum absolute atomic E-state index is 0.0513. The fraction of sp³-hybridized carbons (Fsp3) is 0.550. The highest BCUT2D eigenvalue weighted by atomic mass is 16.5. The molecule has 1 atom stereocenters. The van der Waals surface area contributed by atoms with E-state index in [-0.39, 0.29) is 11.8 Å². The quantitative estimate of drug-likeness (QED) is 0.824. The maximum absolute atomic E-state index is 13.0. The average Bonchev–Trinajstić information content (AvgIpc) is 3.25. The number of aryl methyl sites for hydroxylation is 1. The Kier molecular flexibility index (Phi) is 4.63. The van der Waals surface area contributed by atoms with E-state index in [1.54, 1.807) is 26.2 Å². The van der Waals surface area contributed by atoms with Crippen molar-refractivity contribution in [2.24, 2.45) is 5.41 Å². The molecule has 3 heterocycles. The van der Waals surface area contributed by atoms with Gasteiger partial charge < -0.3 is 19.0 Å². The van der Waals surface area contributed by atoms with Crippen LogP contribution in [0.25, 0.3) is 11.1 Å². The molecule has 0 N–H and O–H groups in total. The fourth-order valence-corrected chi connectivity index (χ4v) is 4.35. The summed E-state index contributed by atoms with van der Waals surface area (Å²) in [5.74, 6) is 0.700. The standard InChI is InChI=1S/C20H25N3O4/c1-14-21-16-5-4-15(12-17(16)27-14)18(24)23-9-7-20(13-23)6-3-8-22(19(20)25)10-11-26-2/h4-5,12H,3,6-11,13H2,1-2H3. The summed E-state index contributed by atoms with van der Waals surface area (Å²) in [5, 5.41) is 0. The molecular formula is C20H25N3O4. The van der Waals surface area contributed by atoms with Gasteiger partial charge in [-0.15, -0.1) is 0 Å². The topological polar surface area (TPSA) is 75.9 Å². The lowest BCUT2D eigenvalue weighted by Crippen LogP contribution is -2.51. The number of carbonyl (C=O) groups excluding carboxylic acids is 2. The lowest BCUT2D eigenvalue weighted by atomic mass is 9.78. The maximum Gasteiger partial charge on any atom is 0.254 e. The molecule has 2 amide bonds. The van der Waals surface area contributed by atoms with Gasteiger partial charge >= 0.3 is 0 Å². The van der Waals surface area contributed by atoms with E-state index >= 15 is 0 Å². The number of piperidine rings is 1. The number of nitrogens with zero attached hydrogens (tertiary/aromatic N) is 3. The van der Waals surface area contributed by atoms with E-state index in [2.05, 4.69) is 4.98 Å². The van der Waals surface area contributed by atoms with E-state index in [4.69, 9.17) is 9.15 Å². The summed E-state index contributed by atoms with van der Waals surface area (Å²) in [5.41, 5.74) is 1.51. The average molecular weight is 371 g/mol. The fourth-order valence-electron chi connectivity index (χ4n) is 4.35. The number of methoxy groups -OCH3 is 1. The second kappa shape index (κ2) is 6.96. The molecule has 1 unspecified atom stereocenters. The second-order valence-electron chi connectivity index (χ2n) is 7.56. The van der Waals surface area contributed by atoms with Crippen molar-refractivity contribution in [1.29, 1.82) is 0 Å². The Morgan fingerprint density at radius 2 is 2.19 bits per heavy atom. The minimum atomic E-state index is -0.436. The van der Waals surface area contributed by atoms with Crippen LogP contribution in [0.2, 0.25) is 0 Å². The highest BCUT2D eigenvalue weighted by Crippen LogP contribution is 2.40. The Morgan fingerprint density at radius 3 is 3.00 bits per heavy atom. The van der Waals surface area contributed by atoms with Crippen molar-refractivity contribution in [2.45, 2.75) is 26.2 Å². The first-order chi connectivity index (χ1) is 13.0. The van der Waals surface area contributed by atoms with E-state index in [1.165, 1.54) is 0 Å². The molecule has 0 bridgehead atoms. The molecule has 2 aromatic rings. The van der Waals surface area contributed by atoms with E-state index in [1.807, 2.05) is 15.9 Å². The van der Waals surface area contributed by atoms with Crippen LogP contribution < -0.4 is 0 Å². The smallest absolute Gasteiger partial charge is 0.254 e. The highest BCUT2D eigenvalue weighted by molar-refractivity contribution is 5.98. The van der Waals surface area contributed by atoms with Gasteiger partial charge in [-0.05, 0) is 37.5 Å². The first-order valence-electron chi connectivity index (χ1n) is 9.47. The summed E-state index contributed by atoms with van der Waals surface area (Å²) in [6, 6.07) is 5.34. The molecule has 2 saturated heterocycles. The summed E-state index contributed by atoms with van der Waals surface area (Å²) < 4.78 is 10.7. The van der Waals surface area contributed by atoms with Crippen molar-refractivity contribution in [3.8, 4) is 0 Å². The lowest BCUT2D eigenvalue weighted by Gasteiger charge is -2.39. The molecule has 2 fully saturated rings. The summed E-state index contributed by atoms with van der Waals surface area (Å²) >= 11 is 0. The van der Waals surface area contributed by atoms with E-state index in [9.17, 15) is 9.59 Å². The third-order valence-corrected chi connectivity index (χ3v) is 5.77. The van der Waals surface area contributed by atoms with Gasteiger partial charge in [-0.1, -0.05) is 0 Å². The molecule has 2 aliphatic heterocycles. The van der Waals surface area contributed by atoms with Gasteiger partial charge in [0.1, 0.15) is 5.52 Å². The van der Waals surface area contributed by atoms with Crippen molar-refractivity contribution in [3.05, 3.63) is 29.7 Å². The largest absolute Gasteiger partial charge is 0.441 e. The third kappa shape index (κ3) is 3.20. The minimum Gasteiger partial charge on any atom is -0.441 e. The summed E-state index contributed by atoms with van der Waals surface area (Å²) in [4.78, 5) is 34.0. The number of hydrogen-bond acceptors (Lipinski definition) is 5. The van der Waals surface area contributed by atoms with Gasteiger partial charge in [0.2, 0.25) is 5.91 Å². The number of rotatable bonds is 4. The van der Waals surface area contributed by atoms with Crippen molar-refractivity contribution < 1.29 is 18.7 Å². The van der Waals surface area contributed by atoms with Crippen molar-refractivity contribution in [2.75, 3.05) is 39.9 Å². The number of oxazole rings is 1. The van der Waals surface area contributed by atoms with Crippen molar-refractivity contribution in [3.63, 3.8) is 0 Å². The van der Waals surface area contributed by atoms with Crippen LogP contribution in [-0.4, -0.2) is 66.5 Å². The molecule has 1 spiro atoms. The Bertz CT molecular complexity index is 877. The van der Waals surface area contributed by atoms with Crippen molar-refractivity contribution in [1.82, 2.24) is 14.8 Å². The normalized spacial score (nSPS) is 23.0. The van der Waals surface area contributed by atoms with Crippen LogP contribution in [0, 0.1) is 12.3 Å². The Hall–Kier alpha value is -2.41. The van der Waals surface area contributed by atoms with Gasteiger partial charge in [-0.2, -0.15) is 0 Å². The predicted molar refractivity (Wildman–Crippen MR) is 99.4 cm³/mol. The van der Waals surface area contributed by atoms with Crippen LogP contribution in [0.5, 0.6) is 0 Å². The second-order valence-corrected chi connectivity index (χ2v) is 7.56. The van der Waals surface area contributed by atoms with E-state index in [0.717, 1.165) is 31.3 Å². The van der Waals surface area contributed by atoms with Crippen LogP contribution in [0.1, 0.15) is 35.5 Å². The van der Waals surface area contributed by atoms with E-state index in [0.29, 0.717) is 43.3 Å². The predicted octanol–water partition coefficient (Wildman–Crippen LogP) is 2.24. The van der Waals surface area contributed by atoms with Crippen LogP contribution in [0.15, 0.2) is 22.6 Å². The van der Waals surface area contributed by atoms with Crippen LogP contribution >= 0.6 is 0 Å². The SMILES string of the molecule is COCCN1CCCC2(CCN(C(=O)c3ccc4nc(C)oc4c3)C2)C1=O. The molecule has 7 nitrogen and oxygen atoms in total. The molecule has 1 aromatic heterocycles. The van der Waals surface area contributed by atoms with Crippen LogP contribution in [0.3, 0.4) is 0 Å². The highest BCUT2D eigenvalue weighted by Gasteiger charge is 2.49. The number of carbonyl (C=O) groups is 2. The molecule has 2 aliphatic rings. The lowest BCUT2D eigenvalue weighted by molar-refractivity contribution is -0.146. The Morgan fingerprint density at radius 1 is 1.33 bits per heavy atom. The van der Waals surface area contributed by atoms with Crippen LogP contribution in [-0.2, 0) is 9.53 Å². The van der Waals surface area contributed by atoms with Gasteiger partial charge in [0.25, 0.3) is 5.91 Å². The molecule has 7 heteroatoms. The molecule has 144 valence electrons. The van der Waals surface area contributed by atoms with Gasteiger partial charge in [0.15, 0.2) is 11.5 Å². The monoisotopic (exact) mass is 371 g/mol. The van der Waals surface area contributed by atoms with Crippen molar-refractivity contribution >= 4 is 22.9 Å². The molecule has 0 saturated carbocycles. The molecule has 0 aliphatic carbocycles. The Labute approximate surface area is 158 Å². The van der Waals surface area contributed by atoms with Gasteiger partial charge in [-0.3, -0.25) is 9.59 Å². The zero-order valence-electron chi connectivity index (χ0n) is 15.9. The number of benzene rings is 1. The Balaban J connectivity index is 1.50. The van der Waals surface area contributed by atoms with Crippen LogP contribution in [0.4, 0.5) is 0 Å². The zero-order valence-corrected chi connectivity index (χ0v) is 15.9. The molecule has 4 rings (SSSR count). The first-order valence-corrected chi connectivity index (χ1v) is 9.47. The first kappa shape index (κ1) is 18.0. The van der Waals surface area contributed by atoms with E-state index < -0.39 is 5.41 Å².